The molecule has 4 rings (SSSR count). The van der Waals surface area contributed by atoms with Gasteiger partial charge in [-0.25, -0.2) is 4.99 Å². The molecular weight excluding hydrogens is 379 g/mol. The number of hydrogen-bond donors (Lipinski definition) is 1. The summed E-state index contributed by atoms with van der Waals surface area (Å²) < 4.78 is 44.3. The Morgan fingerprint density at radius 2 is 2.00 bits per heavy atom. The number of furan rings is 1. The number of aromatic nitrogens is 3. The van der Waals surface area contributed by atoms with Crippen LogP contribution in [-0.4, -0.2) is 39.5 Å². The number of H-pyrrole nitrogens is 1. The van der Waals surface area contributed by atoms with Crippen molar-refractivity contribution in [2.75, 3.05) is 12.3 Å². The molecule has 1 N–H and O–H groups in total. The minimum atomic E-state index is -4.41. The van der Waals surface area contributed by atoms with Crippen LogP contribution in [0.15, 0.2) is 56.0 Å². The second-order valence-electron chi connectivity index (χ2n) is 5.65. The molecule has 3 aromatic rings. The molecule has 0 saturated carbocycles. The molecule has 0 aliphatic carbocycles. The number of nitrogens with zero attached hydrogens (tertiary/aromatic N) is 4. The zero-order valence-corrected chi connectivity index (χ0v) is 14.5. The molecule has 0 fully saturated rings. The summed E-state index contributed by atoms with van der Waals surface area (Å²) >= 11 is 1.41. The van der Waals surface area contributed by atoms with Crippen LogP contribution in [0.3, 0.4) is 0 Å². The summed E-state index contributed by atoms with van der Waals surface area (Å²) in [5.74, 6) is 1.74. The van der Waals surface area contributed by atoms with E-state index < -0.39 is 11.7 Å². The summed E-state index contributed by atoms with van der Waals surface area (Å²) in [7, 11) is 0. The fraction of sp³-hybridized carbons (Fsp3) is 0.176. The molecule has 0 radical (unpaired) electrons. The standard InChI is InChI=1S/C17H12F3N5OS/c18-17(19,20)11-3-1-2-10(6-11)13-4-5-14(26-13)15-23-16(25-24-15)27-8-12-7-21-9-22-12/h1-6,9H,7-8H2,(H,23,24,25). The fourth-order valence-corrected chi connectivity index (χ4v) is 3.16. The zero-order chi connectivity index (χ0) is 18.9. The predicted octanol–water partition coefficient (Wildman–Crippen LogP) is 4.33. The topological polar surface area (TPSA) is 79.4 Å². The SMILES string of the molecule is FC(F)(F)c1cccc(-c2ccc(-c3nc(SCC4=NC=NC4)n[nH]3)o2)c1. The van der Waals surface area contributed by atoms with Gasteiger partial charge in [-0.05, 0) is 24.3 Å². The minimum Gasteiger partial charge on any atom is -0.453 e. The third-order valence-corrected chi connectivity index (χ3v) is 4.66. The van der Waals surface area contributed by atoms with Crippen LogP contribution in [-0.2, 0) is 6.18 Å². The first kappa shape index (κ1) is 17.5. The van der Waals surface area contributed by atoms with Gasteiger partial charge in [-0.3, -0.25) is 10.1 Å². The van der Waals surface area contributed by atoms with Crippen molar-refractivity contribution in [3.8, 4) is 22.9 Å². The lowest BCUT2D eigenvalue weighted by Crippen LogP contribution is -2.04. The first-order valence-electron chi connectivity index (χ1n) is 7.86. The highest BCUT2D eigenvalue weighted by molar-refractivity contribution is 7.99. The van der Waals surface area contributed by atoms with Crippen LogP contribution in [0.2, 0.25) is 0 Å². The van der Waals surface area contributed by atoms with Gasteiger partial charge >= 0.3 is 6.18 Å². The van der Waals surface area contributed by atoms with E-state index >= 15 is 0 Å². The van der Waals surface area contributed by atoms with Crippen molar-refractivity contribution in [2.45, 2.75) is 11.3 Å². The van der Waals surface area contributed by atoms with Crippen molar-refractivity contribution in [1.82, 2.24) is 15.2 Å². The maximum atomic E-state index is 12.9. The summed E-state index contributed by atoms with van der Waals surface area (Å²) in [6, 6.07) is 8.22. The van der Waals surface area contributed by atoms with Crippen molar-refractivity contribution >= 4 is 23.8 Å². The van der Waals surface area contributed by atoms with Crippen LogP contribution in [0.1, 0.15) is 5.56 Å². The first-order chi connectivity index (χ1) is 13.0. The van der Waals surface area contributed by atoms with Gasteiger partial charge in [0, 0.05) is 11.3 Å². The van der Waals surface area contributed by atoms with Gasteiger partial charge in [-0.2, -0.15) is 18.2 Å². The summed E-state index contributed by atoms with van der Waals surface area (Å²) in [5.41, 5.74) is 0.552. The van der Waals surface area contributed by atoms with E-state index in [1.165, 1.54) is 24.2 Å². The van der Waals surface area contributed by atoms with Gasteiger partial charge in [0.05, 0.1) is 17.8 Å². The number of aliphatic imine (C=N–C) groups is 2. The van der Waals surface area contributed by atoms with E-state index in [4.69, 9.17) is 4.42 Å². The Balaban J connectivity index is 1.50. The van der Waals surface area contributed by atoms with Crippen molar-refractivity contribution in [3.05, 3.63) is 42.0 Å². The van der Waals surface area contributed by atoms with E-state index in [2.05, 4.69) is 25.2 Å². The molecule has 27 heavy (non-hydrogen) atoms. The monoisotopic (exact) mass is 391 g/mol. The Morgan fingerprint density at radius 3 is 2.78 bits per heavy atom. The fourth-order valence-electron chi connectivity index (χ4n) is 2.43. The Labute approximate surface area is 155 Å². The molecule has 0 bridgehead atoms. The van der Waals surface area contributed by atoms with Gasteiger partial charge in [0.15, 0.2) is 11.6 Å². The Kier molecular flexibility index (Phi) is 4.56. The normalized spacial score (nSPS) is 14.0. The molecule has 1 aliphatic rings. The van der Waals surface area contributed by atoms with E-state index in [9.17, 15) is 13.2 Å². The molecule has 0 spiro atoms. The molecule has 0 unspecified atom stereocenters. The summed E-state index contributed by atoms with van der Waals surface area (Å²) in [6.07, 6.45) is -2.88. The molecule has 0 saturated heterocycles. The molecule has 1 aliphatic heterocycles. The second-order valence-corrected chi connectivity index (χ2v) is 6.59. The number of halogens is 3. The lowest BCUT2D eigenvalue weighted by molar-refractivity contribution is -0.137. The van der Waals surface area contributed by atoms with Crippen LogP contribution in [0.25, 0.3) is 22.9 Å². The first-order valence-corrected chi connectivity index (χ1v) is 8.84. The van der Waals surface area contributed by atoms with Crippen LogP contribution >= 0.6 is 11.8 Å². The van der Waals surface area contributed by atoms with E-state index in [0.717, 1.165) is 17.8 Å². The van der Waals surface area contributed by atoms with Gasteiger partial charge in [0.1, 0.15) is 12.1 Å². The molecule has 1 aromatic carbocycles. The zero-order valence-electron chi connectivity index (χ0n) is 13.7. The van der Waals surface area contributed by atoms with Crippen LogP contribution in [0.4, 0.5) is 13.2 Å². The average Bonchev–Trinajstić information content (AvgIpc) is 3.39. The lowest BCUT2D eigenvalue weighted by Gasteiger charge is -2.07. The smallest absolute Gasteiger partial charge is 0.416 e. The van der Waals surface area contributed by atoms with Crippen molar-refractivity contribution in [3.63, 3.8) is 0 Å². The maximum absolute atomic E-state index is 12.9. The molecule has 0 amide bonds. The summed E-state index contributed by atoms with van der Waals surface area (Å²) in [6.45, 7) is 0.586. The number of rotatable bonds is 5. The quantitative estimate of drug-likeness (QED) is 0.657. The Bertz CT molecular complexity index is 1020. The van der Waals surface area contributed by atoms with Crippen molar-refractivity contribution in [2.24, 2.45) is 9.98 Å². The van der Waals surface area contributed by atoms with E-state index in [0.29, 0.717) is 40.4 Å². The van der Waals surface area contributed by atoms with Crippen molar-refractivity contribution in [1.29, 1.82) is 0 Å². The molecule has 6 nitrogen and oxygen atoms in total. The molecular formula is C17H12F3N5OS. The Hall–Kier alpha value is -2.88. The van der Waals surface area contributed by atoms with E-state index in [1.54, 1.807) is 18.2 Å². The highest BCUT2D eigenvalue weighted by Crippen LogP contribution is 2.33. The second kappa shape index (κ2) is 7.03. The number of benzene rings is 1. The third kappa shape index (κ3) is 3.95. The van der Waals surface area contributed by atoms with E-state index in [1.807, 2.05) is 0 Å². The highest BCUT2D eigenvalue weighted by atomic mass is 32.2. The largest absolute Gasteiger partial charge is 0.453 e. The molecule has 0 atom stereocenters. The van der Waals surface area contributed by atoms with Gasteiger partial charge in [0.25, 0.3) is 0 Å². The minimum absolute atomic E-state index is 0.319. The lowest BCUT2D eigenvalue weighted by atomic mass is 10.1. The van der Waals surface area contributed by atoms with Crippen molar-refractivity contribution < 1.29 is 17.6 Å². The number of nitrogens with one attached hydrogen (secondary N) is 1. The van der Waals surface area contributed by atoms with Crippen LogP contribution in [0, 0.1) is 0 Å². The van der Waals surface area contributed by atoms with Crippen LogP contribution in [0.5, 0.6) is 0 Å². The molecule has 10 heteroatoms. The summed E-state index contributed by atoms with van der Waals surface area (Å²) in [5, 5.41) is 7.40. The van der Waals surface area contributed by atoms with Gasteiger partial charge < -0.3 is 4.42 Å². The molecule has 2 aromatic heterocycles. The maximum Gasteiger partial charge on any atom is 0.416 e. The molecule has 3 heterocycles. The highest BCUT2D eigenvalue weighted by Gasteiger charge is 2.30. The molecule has 138 valence electrons. The van der Waals surface area contributed by atoms with Crippen LogP contribution < -0.4 is 0 Å². The number of aromatic amines is 1. The predicted molar refractivity (Wildman–Crippen MR) is 96.0 cm³/mol. The Morgan fingerprint density at radius 1 is 1.15 bits per heavy atom. The number of alkyl halides is 3. The third-order valence-electron chi connectivity index (χ3n) is 3.74. The van der Waals surface area contributed by atoms with Gasteiger partial charge in [-0.1, -0.05) is 23.9 Å². The van der Waals surface area contributed by atoms with Gasteiger partial charge in [0.2, 0.25) is 5.16 Å². The number of thioether (sulfide) groups is 1. The van der Waals surface area contributed by atoms with Gasteiger partial charge in [-0.15, -0.1) is 5.10 Å². The average molecular weight is 391 g/mol. The van der Waals surface area contributed by atoms with E-state index in [-0.39, 0.29) is 0 Å². The summed E-state index contributed by atoms with van der Waals surface area (Å²) in [4.78, 5) is 12.5. The number of hydrogen-bond acceptors (Lipinski definition) is 6.